The minimum atomic E-state index is -0.181. The predicted molar refractivity (Wildman–Crippen MR) is 484 cm³/mol. The predicted octanol–water partition coefficient (Wildman–Crippen LogP) is 14.0. The van der Waals surface area contributed by atoms with E-state index in [-0.39, 0.29) is 22.2 Å². The van der Waals surface area contributed by atoms with Crippen LogP contribution >= 0.6 is 34.8 Å². The number of anilines is 3. The zero-order chi connectivity index (χ0) is 85.2. The van der Waals surface area contributed by atoms with E-state index in [9.17, 15) is 19.2 Å². The number of oxazole rings is 1. The Bertz CT molecular complexity index is 6730. The van der Waals surface area contributed by atoms with Crippen LogP contribution in [0.25, 0.3) is 95.7 Å². The summed E-state index contributed by atoms with van der Waals surface area (Å²) in [7, 11) is 0. The van der Waals surface area contributed by atoms with Gasteiger partial charge in [0.1, 0.15) is 22.5 Å². The highest BCUT2D eigenvalue weighted by Gasteiger charge is 2.30. The third-order valence-corrected chi connectivity index (χ3v) is 24.6. The van der Waals surface area contributed by atoms with Crippen molar-refractivity contribution in [2.75, 3.05) is 93.2 Å². The highest BCUT2D eigenvalue weighted by molar-refractivity contribution is 6.34. The Balaban J connectivity index is 0.000000116. The van der Waals surface area contributed by atoms with Crippen molar-refractivity contribution >= 4 is 102 Å². The van der Waals surface area contributed by atoms with Gasteiger partial charge in [0.05, 0.1) is 77.7 Å². The molecule has 4 saturated heterocycles. The van der Waals surface area contributed by atoms with Crippen molar-refractivity contribution in [3.63, 3.8) is 0 Å². The van der Waals surface area contributed by atoms with Crippen LogP contribution in [-0.2, 0) is 0 Å². The summed E-state index contributed by atoms with van der Waals surface area (Å²) in [4.78, 5) is 103. The molecule has 4 aliphatic rings. The van der Waals surface area contributed by atoms with Crippen LogP contribution in [0.3, 0.4) is 0 Å². The Hall–Kier alpha value is -11.8. The lowest BCUT2D eigenvalue weighted by atomic mass is 9.94. The fourth-order valence-electron chi connectivity index (χ4n) is 17.6. The van der Waals surface area contributed by atoms with Gasteiger partial charge in [0.15, 0.2) is 34.1 Å². The minimum Gasteiger partial charge on any atom is -0.441 e. The SMILES string of the molecule is CCN1CCN(c2ccc3nc(-c4cc(Cl)c5nc(C)cn5c4)cc(=O)n3c2)C[C@@H]1C.Cc1cn2cc(-c3cc(=O)n4cc(N5CCN(C(C)C)[C@@H](C)C5)ccc4n3)cc(Cl)c2n1.Cc1cn2cc(-c3cc(=O)n4cc(N5CCN(C(C)C)[C@H](C)C5)ccc4n3)cc(Cl)c2n1.Cc1nc2ccc(-c3cc(=O)n4nc(C5CCNCC5)ccc4n3)cc2o1. The molecular formula is C91H98Cl3N23O5. The van der Waals surface area contributed by atoms with Crippen LogP contribution in [0.4, 0.5) is 17.1 Å². The molecule has 0 amide bonds. The molecule has 122 heavy (non-hydrogen) atoms. The summed E-state index contributed by atoms with van der Waals surface area (Å²) >= 11 is 19.3. The van der Waals surface area contributed by atoms with Crippen molar-refractivity contribution in [2.24, 2.45) is 0 Å². The van der Waals surface area contributed by atoms with E-state index >= 15 is 0 Å². The number of benzene rings is 1. The van der Waals surface area contributed by atoms with Crippen molar-refractivity contribution in [3.05, 3.63) is 250 Å². The van der Waals surface area contributed by atoms with Gasteiger partial charge in [-0.3, -0.25) is 47.1 Å². The first-order valence-electron chi connectivity index (χ1n) is 41.8. The largest absolute Gasteiger partial charge is 0.441 e. The minimum absolute atomic E-state index is 0.111. The molecule has 0 unspecified atom stereocenters. The number of pyridine rings is 6. The maximum absolute atomic E-state index is 13.0. The van der Waals surface area contributed by atoms with Crippen LogP contribution in [-0.4, -0.2) is 199 Å². The zero-order valence-corrected chi connectivity index (χ0v) is 72.7. The summed E-state index contributed by atoms with van der Waals surface area (Å²) in [5.74, 6) is 1.00. The van der Waals surface area contributed by atoms with E-state index in [4.69, 9.17) is 54.2 Å². The molecule has 0 saturated carbocycles. The number of fused-ring (bicyclic) bond motifs is 8. The van der Waals surface area contributed by atoms with Crippen LogP contribution in [0.1, 0.15) is 103 Å². The average molecular weight is 1700 g/mol. The van der Waals surface area contributed by atoms with Gasteiger partial charge in [-0.2, -0.15) is 9.61 Å². The van der Waals surface area contributed by atoms with Gasteiger partial charge < -0.3 is 37.6 Å². The van der Waals surface area contributed by atoms with E-state index in [1.54, 1.807) is 31.4 Å². The van der Waals surface area contributed by atoms with Crippen molar-refractivity contribution < 1.29 is 4.42 Å². The van der Waals surface area contributed by atoms with Gasteiger partial charge >= 0.3 is 0 Å². The fraction of sp³-hybridized carbons (Fsp3) is 0.352. The molecule has 28 nitrogen and oxygen atoms in total. The molecule has 31 heteroatoms. The molecular weight excluding hydrogens is 1600 g/mol. The molecule has 0 spiro atoms. The number of piperazine rings is 3. The number of hydrogen-bond acceptors (Lipinski definition) is 21. The second-order valence-electron chi connectivity index (χ2n) is 33.0. The summed E-state index contributed by atoms with van der Waals surface area (Å²) in [6.45, 7) is 37.3. The first kappa shape index (κ1) is 82.5. The summed E-state index contributed by atoms with van der Waals surface area (Å²) < 4.78 is 17.5. The van der Waals surface area contributed by atoms with Crippen LogP contribution in [0.2, 0.25) is 15.1 Å². The molecule has 20 rings (SSSR count). The monoisotopic (exact) mass is 1700 g/mol. The Morgan fingerprint density at radius 3 is 1.25 bits per heavy atom. The molecule has 1 aromatic carbocycles. The van der Waals surface area contributed by atoms with E-state index in [1.165, 1.54) is 10.6 Å². The number of aryl methyl sites for hydroxylation is 4. The molecule has 4 fully saturated rings. The van der Waals surface area contributed by atoms with Crippen molar-refractivity contribution in [1.29, 1.82) is 0 Å². The number of rotatable bonds is 11. The lowest BCUT2D eigenvalue weighted by Crippen LogP contribution is -2.54. The smallest absolute Gasteiger partial charge is 0.275 e. The van der Waals surface area contributed by atoms with Crippen molar-refractivity contribution in [1.82, 2.24) is 95.9 Å². The first-order chi connectivity index (χ1) is 58.7. The fourth-order valence-corrected chi connectivity index (χ4v) is 18.3. The summed E-state index contributed by atoms with van der Waals surface area (Å²) in [6.07, 6.45) is 19.2. The number of nitrogens with zero attached hydrogens (tertiary/aromatic N) is 22. The Kier molecular flexibility index (Phi) is 23.2. The molecule has 1 N–H and O–H groups in total. The van der Waals surface area contributed by atoms with Crippen molar-refractivity contribution in [3.8, 4) is 45.0 Å². The third-order valence-electron chi connectivity index (χ3n) is 23.7. The van der Waals surface area contributed by atoms with Gasteiger partial charge in [0.25, 0.3) is 22.2 Å². The van der Waals surface area contributed by atoms with Gasteiger partial charge in [-0.05, 0) is 181 Å². The van der Waals surface area contributed by atoms with E-state index in [0.29, 0.717) is 125 Å². The summed E-state index contributed by atoms with van der Waals surface area (Å²) in [6, 6.07) is 35.6. The molecule has 0 bridgehead atoms. The Labute approximate surface area is 718 Å². The molecule has 0 radical (unpaired) electrons. The van der Waals surface area contributed by atoms with E-state index < -0.39 is 0 Å². The third kappa shape index (κ3) is 17.0. The number of imidazole rings is 3. The van der Waals surface area contributed by atoms with Gasteiger partial charge in [-0.15, -0.1) is 0 Å². The molecule has 15 aromatic heterocycles. The highest BCUT2D eigenvalue weighted by atomic mass is 35.5. The second kappa shape index (κ2) is 34.3. The van der Waals surface area contributed by atoms with Crippen LogP contribution in [0, 0.1) is 27.7 Å². The standard InChI is InChI=1S/2C24H27ClN6O.C23H25ClN6O.C20H19N5O2/c2*1-15(2)30-8-7-28(12-17(30)4)19-5-6-22-27-21(10-23(32)31(22)14-19)18-9-20(25)24-26-16(3)11-29(24)13-18;1-4-27-7-8-28(12-16(27)3)18-5-6-21-26-20(10-22(31)30(21)14-18)17-9-19(24)23-25-15(2)11-29(23)13-17;1-12-22-16-3-2-14(10-18(16)27-12)17-11-20(26)25-19(23-17)5-4-15(24-25)13-6-8-21-9-7-13/h2*5-6,9-11,13-15,17H,7-8,12H2,1-4H3;5-6,9-11,13-14,16H,4,7-8,12H2,1-3H3;2-5,10-11,13,21H,6-9H2,1H3/t2*17-;16-;/m100./s1. The van der Waals surface area contributed by atoms with Crippen LogP contribution in [0.5, 0.6) is 0 Å². The van der Waals surface area contributed by atoms with E-state index in [0.717, 1.165) is 159 Å². The van der Waals surface area contributed by atoms with Gasteiger partial charge in [0.2, 0.25) is 0 Å². The number of likely N-dealkylation sites (N-methyl/N-ethyl adjacent to an activating group) is 1. The number of nitrogens with one attached hydrogen (secondary N) is 1. The molecule has 16 aromatic rings. The Morgan fingerprint density at radius 1 is 0.426 bits per heavy atom. The molecule has 3 atom stereocenters. The maximum atomic E-state index is 13.0. The van der Waals surface area contributed by atoms with Crippen molar-refractivity contribution in [2.45, 2.75) is 132 Å². The molecule has 0 aliphatic carbocycles. The lowest BCUT2D eigenvalue weighted by Gasteiger charge is -2.43. The number of hydrogen-bond donors (Lipinski definition) is 1. The quantitative estimate of drug-likeness (QED) is 0.126. The lowest BCUT2D eigenvalue weighted by molar-refractivity contribution is 0.148. The van der Waals surface area contributed by atoms with Gasteiger partial charge in [0, 0.05) is 204 Å². The summed E-state index contributed by atoms with van der Waals surface area (Å²) in [5.41, 5.74) is 17.7. The van der Waals surface area contributed by atoms with Gasteiger partial charge in [-0.25, -0.2) is 39.9 Å². The molecule has 19 heterocycles. The number of aromatic nitrogens is 16. The highest BCUT2D eigenvalue weighted by Crippen LogP contribution is 2.33. The molecule has 628 valence electrons. The van der Waals surface area contributed by atoms with Gasteiger partial charge in [-0.1, -0.05) is 47.8 Å². The Morgan fingerprint density at radius 2 is 0.828 bits per heavy atom. The van der Waals surface area contributed by atoms with E-state index in [2.05, 4.69) is 138 Å². The first-order valence-corrected chi connectivity index (χ1v) is 42.9. The van der Waals surface area contributed by atoms with Crippen LogP contribution < -0.4 is 42.3 Å². The van der Waals surface area contributed by atoms with Crippen LogP contribution in [0.15, 0.2) is 189 Å². The maximum Gasteiger partial charge on any atom is 0.275 e. The summed E-state index contributed by atoms with van der Waals surface area (Å²) in [5, 5.41) is 9.52. The zero-order valence-electron chi connectivity index (χ0n) is 70.5. The number of piperidine rings is 1. The average Bonchev–Trinajstić information content (AvgIpc) is 1.34. The normalized spacial score (nSPS) is 17.2. The second-order valence-corrected chi connectivity index (χ2v) is 34.2. The van der Waals surface area contributed by atoms with E-state index in [1.807, 2.05) is 163 Å². The molecule has 4 aliphatic heterocycles. The number of halogens is 3. The topological polar surface area (TPSA) is 260 Å².